The quantitative estimate of drug-likeness (QED) is 0.434. The van der Waals surface area contributed by atoms with E-state index in [2.05, 4.69) is 10.8 Å². The monoisotopic (exact) mass is 215 g/mol. The lowest BCUT2D eigenvalue weighted by molar-refractivity contribution is -0.670. The molecule has 0 saturated carbocycles. The van der Waals surface area contributed by atoms with Crippen molar-refractivity contribution in [3.63, 3.8) is 0 Å². The maximum Gasteiger partial charge on any atom is 0.243 e. The number of amidine groups is 1. The summed E-state index contributed by atoms with van der Waals surface area (Å²) >= 11 is 0. The van der Waals surface area contributed by atoms with Gasteiger partial charge in [0.15, 0.2) is 5.69 Å². The van der Waals surface area contributed by atoms with E-state index in [1.807, 2.05) is 49.3 Å². The predicted octanol–water partition coefficient (Wildman–Crippen LogP) is 0.801. The summed E-state index contributed by atoms with van der Waals surface area (Å²) in [4.78, 5) is 0. The van der Waals surface area contributed by atoms with Gasteiger partial charge in [0.1, 0.15) is 12.0 Å². The molecule has 0 amide bonds. The van der Waals surface area contributed by atoms with Crippen LogP contribution in [-0.4, -0.2) is 10.4 Å². The lowest BCUT2D eigenvalue weighted by atomic mass is 10.1. The SMILES string of the molecule is Cn1c[n+](C)cc1-c1ccc(C(=N)N)cc1. The summed E-state index contributed by atoms with van der Waals surface area (Å²) in [6.45, 7) is 0. The summed E-state index contributed by atoms with van der Waals surface area (Å²) < 4.78 is 4.07. The Morgan fingerprint density at radius 1 is 1.31 bits per heavy atom. The van der Waals surface area contributed by atoms with Crippen molar-refractivity contribution < 1.29 is 4.57 Å². The van der Waals surface area contributed by atoms with Crippen molar-refractivity contribution >= 4 is 5.84 Å². The Morgan fingerprint density at radius 3 is 2.38 bits per heavy atom. The number of aromatic nitrogens is 2. The molecule has 0 bridgehead atoms. The van der Waals surface area contributed by atoms with Gasteiger partial charge in [-0.15, -0.1) is 0 Å². The number of nitrogen functional groups attached to an aromatic ring is 1. The lowest BCUT2D eigenvalue weighted by Gasteiger charge is -2.00. The van der Waals surface area contributed by atoms with Gasteiger partial charge in [-0.25, -0.2) is 9.13 Å². The number of hydrogen-bond donors (Lipinski definition) is 2. The van der Waals surface area contributed by atoms with Crippen molar-refractivity contribution in [3.05, 3.63) is 42.4 Å². The smallest absolute Gasteiger partial charge is 0.243 e. The number of hydrogen-bond acceptors (Lipinski definition) is 1. The average molecular weight is 215 g/mol. The van der Waals surface area contributed by atoms with E-state index in [1.54, 1.807) is 0 Å². The van der Waals surface area contributed by atoms with Gasteiger partial charge in [-0.2, -0.15) is 0 Å². The minimum atomic E-state index is 0.101. The van der Waals surface area contributed by atoms with Crippen molar-refractivity contribution in [2.45, 2.75) is 0 Å². The topological polar surface area (TPSA) is 58.7 Å². The first-order valence-corrected chi connectivity index (χ1v) is 5.04. The number of nitrogens with zero attached hydrogens (tertiary/aromatic N) is 2. The van der Waals surface area contributed by atoms with Gasteiger partial charge in [0, 0.05) is 11.1 Å². The molecule has 0 aliphatic rings. The first kappa shape index (κ1) is 10.4. The Bertz CT molecular complexity index is 522. The molecule has 2 rings (SSSR count). The fourth-order valence-electron chi connectivity index (χ4n) is 1.75. The Hall–Kier alpha value is -2.10. The number of nitrogens with one attached hydrogen (secondary N) is 1. The number of benzene rings is 1. The third-order valence-corrected chi connectivity index (χ3v) is 2.55. The highest BCUT2D eigenvalue weighted by atomic mass is 15.1. The first-order valence-electron chi connectivity index (χ1n) is 5.04. The summed E-state index contributed by atoms with van der Waals surface area (Å²) in [5.41, 5.74) is 8.42. The Kier molecular flexibility index (Phi) is 2.48. The molecule has 2 aromatic rings. The number of imidazole rings is 1. The molecule has 0 atom stereocenters. The zero-order valence-corrected chi connectivity index (χ0v) is 9.44. The highest BCUT2D eigenvalue weighted by Gasteiger charge is 2.10. The van der Waals surface area contributed by atoms with E-state index in [1.165, 1.54) is 0 Å². The van der Waals surface area contributed by atoms with Gasteiger partial charge in [-0.1, -0.05) is 12.1 Å². The van der Waals surface area contributed by atoms with Gasteiger partial charge in [-0.3, -0.25) is 5.41 Å². The molecule has 0 spiro atoms. The van der Waals surface area contributed by atoms with Crippen LogP contribution in [0.15, 0.2) is 36.8 Å². The van der Waals surface area contributed by atoms with E-state index < -0.39 is 0 Å². The van der Waals surface area contributed by atoms with Gasteiger partial charge in [0.25, 0.3) is 0 Å². The van der Waals surface area contributed by atoms with Crippen molar-refractivity contribution in [1.82, 2.24) is 4.57 Å². The molecule has 4 heteroatoms. The van der Waals surface area contributed by atoms with Crippen LogP contribution in [0.5, 0.6) is 0 Å². The maximum atomic E-state index is 7.33. The molecule has 1 aromatic carbocycles. The van der Waals surface area contributed by atoms with Gasteiger partial charge < -0.3 is 5.73 Å². The summed E-state index contributed by atoms with van der Waals surface area (Å²) in [6, 6.07) is 7.69. The zero-order valence-electron chi connectivity index (χ0n) is 9.44. The minimum Gasteiger partial charge on any atom is -0.384 e. The van der Waals surface area contributed by atoms with E-state index in [-0.39, 0.29) is 5.84 Å². The second-order valence-electron chi connectivity index (χ2n) is 3.90. The van der Waals surface area contributed by atoms with Gasteiger partial charge >= 0.3 is 0 Å². The van der Waals surface area contributed by atoms with E-state index >= 15 is 0 Å². The molecule has 0 aliphatic carbocycles. The van der Waals surface area contributed by atoms with Crippen LogP contribution in [0.1, 0.15) is 5.56 Å². The number of rotatable bonds is 2. The number of nitrogens with two attached hydrogens (primary N) is 1. The lowest BCUT2D eigenvalue weighted by Crippen LogP contribution is -2.23. The van der Waals surface area contributed by atoms with Crippen LogP contribution in [0.2, 0.25) is 0 Å². The molecule has 0 aliphatic heterocycles. The van der Waals surface area contributed by atoms with Crippen LogP contribution in [0.25, 0.3) is 11.3 Å². The second kappa shape index (κ2) is 3.81. The normalized spacial score (nSPS) is 10.4. The highest BCUT2D eigenvalue weighted by Crippen LogP contribution is 2.17. The molecule has 3 N–H and O–H groups in total. The number of aryl methyl sites for hydroxylation is 2. The molecule has 82 valence electrons. The van der Waals surface area contributed by atoms with E-state index in [0.29, 0.717) is 0 Å². The van der Waals surface area contributed by atoms with Crippen LogP contribution in [0.3, 0.4) is 0 Å². The summed E-state index contributed by atoms with van der Waals surface area (Å²) in [7, 11) is 4.00. The molecule has 4 nitrogen and oxygen atoms in total. The van der Waals surface area contributed by atoms with Gasteiger partial charge in [0.2, 0.25) is 6.33 Å². The molecular weight excluding hydrogens is 200 g/mol. The average Bonchev–Trinajstić information content (AvgIpc) is 2.58. The third-order valence-electron chi connectivity index (χ3n) is 2.55. The van der Waals surface area contributed by atoms with Crippen molar-refractivity contribution in [3.8, 4) is 11.3 Å². The first-order chi connectivity index (χ1) is 7.58. The van der Waals surface area contributed by atoms with Crippen molar-refractivity contribution in [1.29, 1.82) is 5.41 Å². The van der Waals surface area contributed by atoms with Crippen LogP contribution in [0, 0.1) is 5.41 Å². The zero-order chi connectivity index (χ0) is 11.7. The molecule has 0 unspecified atom stereocenters. The van der Waals surface area contributed by atoms with Crippen LogP contribution < -0.4 is 10.3 Å². The highest BCUT2D eigenvalue weighted by molar-refractivity contribution is 5.95. The molecule has 0 saturated heterocycles. The van der Waals surface area contributed by atoms with Crippen LogP contribution in [-0.2, 0) is 14.1 Å². The Morgan fingerprint density at radius 2 is 1.94 bits per heavy atom. The van der Waals surface area contributed by atoms with Gasteiger partial charge in [-0.05, 0) is 12.1 Å². The summed E-state index contributed by atoms with van der Waals surface area (Å²) in [6.07, 6.45) is 4.07. The molecule has 1 heterocycles. The fraction of sp³-hybridized carbons (Fsp3) is 0.167. The molecular formula is C12H15N4+. The van der Waals surface area contributed by atoms with E-state index in [9.17, 15) is 0 Å². The largest absolute Gasteiger partial charge is 0.384 e. The second-order valence-corrected chi connectivity index (χ2v) is 3.90. The Labute approximate surface area is 94.5 Å². The van der Waals surface area contributed by atoms with Crippen LogP contribution >= 0.6 is 0 Å². The van der Waals surface area contributed by atoms with Gasteiger partial charge in [0.05, 0.1) is 14.1 Å². The summed E-state index contributed by atoms with van der Waals surface area (Å²) in [5, 5.41) is 7.33. The predicted molar refractivity (Wildman–Crippen MR) is 63.0 cm³/mol. The van der Waals surface area contributed by atoms with Crippen molar-refractivity contribution in [2.24, 2.45) is 19.8 Å². The standard InChI is InChI=1S/C12H15N4/c1-15-7-11(16(2)8-15)9-3-5-10(6-4-9)12(13)14/h3-8H,1-2H3,(H3,13,14)/q+1. The Balaban J connectivity index is 2.42. The minimum absolute atomic E-state index is 0.101. The molecule has 0 radical (unpaired) electrons. The summed E-state index contributed by atoms with van der Waals surface area (Å²) in [5.74, 6) is 0.101. The molecule has 0 fully saturated rings. The fourth-order valence-corrected chi connectivity index (χ4v) is 1.75. The van der Waals surface area contributed by atoms with Crippen LogP contribution in [0.4, 0.5) is 0 Å². The van der Waals surface area contributed by atoms with Crippen molar-refractivity contribution in [2.75, 3.05) is 0 Å². The molecule has 1 aromatic heterocycles. The third kappa shape index (κ3) is 1.82. The molecule has 16 heavy (non-hydrogen) atoms. The van der Waals surface area contributed by atoms with E-state index in [4.69, 9.17) is 11.1 Å². The maximum absolute atomic E-state index is 7.33. The van der Waals surface area contributed by atoms with E-state index in [0.717, 1.165) is 16.8 Å².